The number of aliphatic imine (C=N–C) groups is 1. The maximum absolute atomic E-state index is 13.1. The van der Waals surface area contributed by atoms with Gasteiger partial charge >= 0.3 is 0 Å². The van der Waals surface area contributed by atoms with Gasteiger partial charge in [-0.25, -0.2) is 12.8 Å². The minimum atomic E-state index is -3.13. The lowest BCUT2D eigenvalue weighted by Crippen LogP contribution is -2.38. The normalized spacial score (nSPS) is 23.7. The second-order valence-corrected chi connectivity index (χ2v) is 11.9. The fourth-order valence-corrected chi connectivity index (χ4v) is 8.64. The van der Waals surface area contributed by atoms with Gasteiger partial charge in [0.2, 0.25) is 0 Å². The molecule has 4 rings (SSSR count). The summed E-state index contributed by atoms with van der Waals surface area (Å²) in [5.74, 6) is -0.571. The summed E-state index contributed by atoms with van der Waals surface area (Å²) in [6.45, 7) is 3.93. The Morgan fingerprint density at radius 2 is 1.83 bits per heavy atom. The van der Waals surface area contributed by atoms with E-state index in [9.17, 15) is 17.6 Å². The van der Waals surface area contributed by atoms with E-state index < -0.39 is 9.84 Å². The minimum absolute atomic E-state index is 0.0464. The zero-order valence-electron chi connectivity index (χ0n) is 16.4. The first-order valence-electron chi connectivity index (χ1n) is 9.42. The van der Waals surface area contributed by atoms with Crippen LogP contribution in [0.2, 0.25) is 0 Å². The van der Waals surface area contributed by atoms with E-state index in [1.165, 1.54) is 23.9 Å². The van der Waals surface area contributed by atoms with Crippen LogP contribution in [0.3, 0.4) is 0 Å². The molecule has 2 aliphatic heterocycles. The third-order valence-corrected chi connectivity index (χ3v) is 8.92. The van der Waals surface area contributed by atoms with Crippen molar-refractivity contribution in [3.05, 3.63) is 63.4 Å². The third kappa shape index (κ3) is 4.33. The van der Waals surface area contributed by atoms with Gasteiger partial charge in [-0.3, -0.25) is 4.79 Å². The molecule has 2 fully saturated rings. The molecule has 2 saturated heterocycles. The summed E-state index contributed by atoms with van der Waals surface area (Å²) in [5.41, 5.74) is 3.53. The summed E-state index contributed by atoms with van der Waals surface area (Å²) in [7, 11) is -3.13. The Bertz CT molecular complexity index is 1130. The van der Waals surface area contributed by atoms with Crippen molar-refractivity contribution in [3.63, 3.8) is 0 Å². The highest BCUT2D eigenvalue weighted by Gasteiger charge is 2.50. The van der Waals surface area contributed by atoms with Gasteiger partial charge in [-0.15, -0.1) is 0 Å². The van der Waals surface area contributed by atoms with Gasteiger partial charge in [0.05, 0.1) is 24.0 Å². The van der Waals surface area contributed by atoms with Crippen LogP contribution in [0.5, 0.6) is 0 Å². The molecule has 0 unspecified atom stereocenters. The third-order valence-electron chi connectivity index (χ3n) is 5.25. The molecule has 2 aromatic carbocycles. The maximum atomic E-state index is 13.1. The molecule has 0 aliphatic carbocycles. The van der Waals surface area contributed by atoms with Gasteiger partial charge in [-0.2, -0.15) is 4.99 Å². The molecule has 0 bridgehead atoms. The molecular weight excluding hydrogens is 491 g/mol. The van der Waals surface area contributed by atoms with Gasteiger partial charge in [0, 0.05) is 15.4 Å². The maximum Gasteiger partial charge on any atom is 0.252 e. The van der Waals surface area contributed by atoms with Gasteiger partial charge in [-0.1, -0.05) is 39.8 Å². The fraction of sp³-hybridized carbons (Fsp3) is 0.333. The Balaban J connectivity index is 1.70. The zero-order valence-corrected chi connectivity index (χ0v) is 19.7. The molecule has 2 heterocycles. The number of carbonyl (C=O) groups is 1. The van der Waals surface area contributed by atoms with Gasteiger partial charge in [-0.05, 0) is 54.8 Å². The largest absolute Gasteiger partial charge is 0.315 e. The first-order valence-corrected chi connectivity index (χ1v) is 12.9. The van der Waals surface area contributed by atoms with Gasteiger partial charge < -0.3 is 4.90 Å². The minimum Gasteiger partial charge on any atom is -0.315 e. The molecule has 0 aromatic heterocycles. The van der Waals surface area contributed by atoms with E-state index in [1.807, 2.05) is 30.9 Å². The summed E-state index contributed by atoms with van der Waals surface area (Å²) in [4.78, 5) is 18.9. The number of aryl methyl sites for hydroxylation is 2. The smallest absolute Gasteiger partial charge is 0.252 e. The number of rotatable bonds is 3. The first kappa shape index (κ1) is 21.5. The van der Waals surface area contributed by atoms with Crippen LogP contribution in [0.4, 0.5) is 10.1 Å². The molecule has 2 atom stereocenters. The van der Waals surface area contributed by atoms with E-state index in [2.05, 4.69) is 20.9 Å². The topological polar surface area (TPSA) is 66.8 Å². The number of amides is 1. The molecule has 0 N–H and O–H groups in total. The van der Waals surface area contributed by atoms with E-state index in [0.29, 0.717) is 10.7 Å². The second kappa shape index (κ2) is 8.09. The number of thioether (sulfide) groups is 1. The molecule has 0 radical (unpaired) electrons. The number of amidine groups is 1. The molecule has 9 heteroatoms. The van der Waals surface area contributed by atoms with Crippen LogP contribution in [0.25, 0.3) is 0 Å². The van der Waals surface area contributed by atoms with Gasteiger partial charge in [0.15, 0.2) is 15.0 Å². The van der Waals surface area contributed by atoms with Crippen molar-refractivity contribution in [3.8, 4) is 0 Å². The average molecular weight is 511 g/mol. The number of carbonyl (C=O) groups excluding carboxylic acids is 1. The summed E-state index contributed by atoms with van der Waals surface area (Å²) in [5, 5.41) is 0.371. The van der Waals surface area contributed by atoms with Crippen molar-refractivity contribution < 1.29 is 17.6 Å². The number of hydrogen-bond donors (Lipinski definition) is 0. The number of sulfone groups is 1. The Hall–Kier alpha value is -1.71. The number of benzene rings is 2. The number of anilines is 1. The molecule has 30 heavy (non-hydrogen) atoms. The van der Waals surface area contributed by atoms with E-state index in [1.54, 1.807) is 12.1 Å². The van der Waals surface area contributed by atoms with E-state index in [4.69, 9.17) is 0 Å². The summed E-state index contributed by atoms with van der Waals surface area (Å²) < 4.78 is 38.6. The lowest BCUT2D eigenvalue weighted by Gasteiger charge is -2.28. The Labute approximate surface area is 187 Å². The van der Waals surface area contributed by atoms with E-state index >= 15 is 0 Å². The van der Waals surface area contributed by atoms with Crippen LogP contribution >= 0.6 is 27.7 Å². The molecule has 2 aromatic rings. The standard InChI is InChI=1S/C21H20BrFN2O3S2/c1-12-7-15(22)8-13(2)20(12)25-17-10-30(27,28)11-18(17)29-21(25)24-19(26)9-14-3-5-16(23)6-4-14/h3-8,17-18H,9-11H2,1-2H3/t17-,18-/m1/s1. The first-order chi connectivity index (χ1) is 14.1. The molecule has 1 amide bonds. The summed E-state index contributed by atoms with van der Waals surface area (Å²) in [6, 6.07) is 9.46. The Kier molecular flexibility index (Phi) is 5.80. The Morgan fingerprint density at radius 3 is 2.47 bits per heavy atom. The van der Waals surface area contributed by atoms with Crippen molar-refractivity contribution in [2.24, 2.45) is 4.99 Å². The van der Waals surface area contributed by atoms with Crippen molar-refractivity contribution in [1.29, 1.82) is 0 Å². The molecular formula is C21H20BrFN2O3S2. The van der Waals surface area contributed by atoms with Gasteiger partial charge in [0.25, 0.3) is 5.91 Å². The molecule has 0 spiro atoms. The lowest BCUT2D eigenvalue weighted by molar-refractivity contribution is -0.117. The predicted molar refractivity (Wildman–Crippen MR) is 122 cm³/mol. The summed E-state index contributed by atoms with van der Waals surface area (Å²) >= 11 is 4.85. The molecule has 158 valence electrons. The summed E-state index contributed by atoms with van der Waals surface area (Å²) in [6.07, 6.45) is 0.0596. The second-order valence-electron chi connectivity index (χ2n) is 7.65. The quantitative estimate of drug-likeness (QED) is 0.622. The number of hydrogen-bond acceptors (Lipinski definition) is 4. The number of fused-ring (bicyclic) bond motifs is 1. The van der Waals surface area contributed by atoms with Crippen molar-refractivity contribution in [1.82, 2.24) is 0 Å². The predicted octanol–water partition coefficient (Wildman–Crippen LogP) is 4.05. The molecule has 2 aliphatic rings. The lowest BCUT2D eigenvalue weighted by atomic mass is 10.1. The van der Waals surface area contributed by atoms with Crippen LogP contribution in [0, 0.1) is 19.7 Å². The van der Waals surface area contributed by atoms with E-state index in [0.717, 1.165) is 21.3 Å². The highest BCUT2D eigenvalue weighted by molar-refractivity contribution is 9.10. The van der Waals surface area contributed by atoms with Crippen molar-refractivity contribution >= 4 is 54.3 Å². The zero-order chi connectivity index (χ0) is 21.6. The monoisotopic (exact) mass is 510 g/mol. The number of nitrogens with zero attached hydrogens (tertiary/aromatic N) is 2. The van der Waals surface area contributed by atoms with Crippen LogP contribution in [0.1, 0.15) is 16.7 Å². The highest BCUT2D eigenvalue weighted by Crippen LogP contribution is 2.43. The van der Waals surface area contributed by atoms with Crippen LogP contribution in [-0.2, 0) is 21.1 Å². The molecule has 0 saturated carbocycles. The van der Waals surface area contributed by atoms with Crippen LogP contribution < -0.4 is 4.90 Å². The van der Waals surface area contributed by atoms with Crippen molar-refractivity contribution in [2.75, 3.05) is 16.4 Å². The van der Waals surface area contributed by atoms with Crippen LogP contribution in [0.15, 0.2) is 45.9 Å². The van der Waals surface area contributed by atoms with Crippen molar-refractivity contribution in [2.45, 2.75) is 31.6 Å². The van der Waals surface area contributed by atoms with Crippen LogP contribution in [-0.4, -0.2) is 42.3 Å². The van der Waals surface area contributed by atoms with Gasteiger partial charge in [0.1, 0.15) is 5.82 Å². The average Bonchev–Trinajstić information content (AvgIpc) is 3.08. The SMILES string of the molecule is Cc1cc(Br)cc(C)c1N1C(=NC(=O)Cc2ccc(F)cc2)S[C@@H]2CS(=O)(=O)C[C@H]21. The highest BCUT2D eigenvalue weighted by atomic mass is 79.9. The number of halogens is 2. The fourth-order valence-electron chi connectivity index (χ4n) is 4.03. The Morgan fingerprint density at radius 1 is 1.20 bits per heavy atom. The van der Waals surface area contributed by atoms with E-state index in [-0.39, 0.29) is 40.9 Å². The molecule has 5 nitrogen and oxygen atoms in total.